The molecule has 2 rings (SSSR count). The number of hydrogen-bond donors (Lipinski definition) is 1. The minimum Gasteiger partial charge on any atom is -0.507 e. The summed E-state index contributed by atoms with van der Waals surface area (Å²) in [6.07, 6.45) is -0.924. The van der Waals surface area contributed by atoms with E-state index in [0.29, 0.717) is 32.1 Å². The van der Waals surface area contributed by atoms with Gasteiger partial charge in [-0.1, -0.05) is 0 Å². The van der Waals surface area contributed by atoms with Gasteiger partial charge in [-0.2, -0.15) is 0 Å². The highest BCUT2D eigenvalue weighted by atomic mass is 16.5. The zero-order valence-electron chi connectivity index (χ0n) is 12.6. The highest BCUT2D eigenvalue weighted by Crippen LogP contribution is 2.24. The van der Waals surface area contributed by atoms with Crippen LogP contribution in [0.4, 0.5) is 0 Å². The molecular formula is C15H19NO6. The Balaban J connectivity index is 2.00. The van der Waals surface area contributed by atoms with Crippen molar-refractivity contribution < 1.29 is 28.9 Å². The van der Waals surface area contributed by atoms with Crippen molar-refractivity contribution in [2.45, 2.75) is 13.0 Å². The van der Waals surface area contributed by atoms with E-state index in [-0.39, 0.29) is 17.2 Å². The van der Waals surface area contributed by atoms with Gasteiger partial charge in [-0.3, -0.25) is 4.79 Å². The van der Waals surface area contributed by atoms with E-state index < -0.39 is 12.1 Å². The van der Waals surface area contributed by atoms with Gasteiger partial charge in [0.1, 0.15) is 17.1 Å². The number of phenols is 1. The standard InChI is InChI=1S/C15H19NO6/c1-10(14(18)16-5-7-21-8-6-16)22-15(19)12-4-3-11(20-2)9-13(12)17/h3-4,9-10,17H,5-8H2,1-2H3. The Morgan fingerprint density at radius 3 is 2.59 bits per heavy atom. The lowest BCUT2D eigenvalue weighted by molar-refractivity contribution is -0.143. The number of amides is 1. The maximum absolute atomic E-state index is 12.2. The summed E-state index contributed by atoms with van der Waals surface area (Å²) in [7, 11) is 1.45. The molecule has 1 saturated heterocycles. The normalized spacial score (nSPS) is 16.0. The molecule has 1 aliphatic rings. The number of ether oxygens (including phenoxy) is 3. The number of carbonyl (C=O) groups excluding carboxylic acids is 2. The quantitative estimate of drug-likeness (QED) is 0.828. The summed E-state index contributed by atoms with van der Waals surface area (Å²) in [6, 6.07) is 4.23. The summed E-state index contributed by atoms with van der Waals surface area (Å²) >= 11 is 0. The van der Waals surface area contributed by atoms with Crippen molar-refractivity contribution in [3.05, 3.63) is 23.8 Å². The van der Waals surface area contributed by atoms with E-state index >= 15 is 0 Å². The fraction of sp³-hybridized carbons (Fsp3) is 0.467. The van der Waals surface area contributed by atoms with Crippen molar-refractivity contribution in [2.24, 2.45) is 0 Å². The molecule has 120 valence electrons. The summed E-state index contributed by atoms with van der Waals surface area (Å²) in [4.78, 5) is 25.8. The monoisotopic (exact) mass is 309 g/mol. The fourth-order valence-electron chi connectivity index (χ4n) is 2.13. The lowest BCUT2D eigenvalue weighted by atomic mass is 10.2. The number of carbonyl (C=O) groups is 2. The van der Waals surface area contributed by atoms with Crippen molar-refractivity contribution in [3.8, 4) is 11.5 Å². The average Bonchev–Trinajstić information content (AvgIpc) is 2.54. The van der Waals surface area contributed by atoms with Crippen LogP contribution in [-0.4, -0.2) is 61.4 Å². The predicted octanol–water partition coefficient (Wildman–Crippen LogP) is 0.805. The molecule has 7 nitrogen and oxygen atoms in total. The van der Waals surface area contributed by atoms with Gasteiger partial charge in [0, 0.05) is 19.2 Å². The molecule has 0 spiro atoms. The Kier molecular flexibility index (Phi) is 5.21. The van der Waals surface area contributed by atoms with Gasteiger partial charge in [0.05, 0.1) is 20.3 Å². The molecule has 1 aromatic rings. The maximum Gasteiger partial charge on any atom is 0.342 e. The Labute approximate surface area is 128 Å². The minimum absolute atomic E-state index is 0.0116. The molecule has 0 aliphatic carbocycles. The van der Waals surface area contributed by atoms with Gasteiger partial charge < -0.3 is 24.2 Å². The lowest BCUT2D eigenvalue weighted by Gasteiger charge is -2.29. The molecule has 0 saturated carbocycles. The summed E-state index contributed by atoms with van der Waals surface area (Å²) < 4.78 is 15.2. The van der Waals surface area contributed by atoms with E-state index in [2.05, 4.69) is 0 Å². The molecule has 1 aromatic carbocycles. The summed E-state index contributed by atoms with van der Waals surface area (Å²) in [5.74, 6) is -0.860. The first-order valence-electron chi connectivity index (χ1n) is 6.97. The summed E-state index contributed by atoms with van der Waals surface area (Å²) in [5.41, 5.74) is -0.0116. The minimum atomic E-state index is -0.924. The molecule has 1 unspecified atom stereocenters. The predicted molar refractivity (Wildman–Crippen MR) is 76.9 cm³/mol. The maximum atomic E-state index is 12.2. The molecule has 1 amide bonds. The van der Waals surface area contributed by atoms with Crippen molar-refractivity contribution in [1.29, 1.82) is 0 Å². The van der Waals surface area contributed by atoms with Crippen LogP contribution in [0.3, 0.4) is 0 Å². The molecule has 0 bridgehead atoms. The van der Waals surface area contributed by atoms with Crippen LogP contribution in [0.15, 0.2) is 18.2 Å². The molecule has 0 radical (unpaired) electrons. The molecule has 22 heavy (non-hydrogen) atoms. The van der Waals surface area contributed by atoms with Crippen LogP contribution in [0, 0.1) is 0 Å². The molecule has 1 atom stereocenters. The van der Waals surface area contributed by atoms with Crippen LogP contribution in [0.2, 0.25) is 0 Å². The first-order valence-corrected chi connectivity index (χ1v) is 6.97. The molecule has 1 aliphatic heterocycles. The number of phenolic OH excluding ortho intramolecular Hbond substituents is 1. The highest BCUT2D eigenvalue weighted by Gasteiger charge is 2.26. The van der Waals surface area contributed by atoms with Crippen molar-refractivity contribution in [2.75, 3.05) is 33.4 Å². The van der Waals surface area contributed by atoms with Crippen LogP contribution in [-0.2, 0) is 14.3 Å². The van der Waals surface area contributed by atoms with Gasteiger partial charge in [0.2, 0.25) is 0 Å². The number of benzene rings is 1. The third-order valence-corrected chi connectivity index (χ3v) is 3.38. The topological polar surface area (TPSA) is 85.3 Å². The average molecular weight is 309 g/mol. The van der Waals surface area contributed by atoms with Crippen molar-refractivity contribution in [3.63, 3.8) is 0 Å². The number of aromatic hydroxyl groups is 1. The van der Waals surface area contributed by atoms with E-state index in [1.165, 1.54) is 32.2 Å². The second kappa shape index (κ2) is 7.13. The van der Waals surface area contributed by atoms with E-state index in [9.17, 15) is 14.7 Å². The van der Waals surface area contributed by atoms with Gasteiger partial charge >= 0.3 is 5.97 Å². The Morgan fingerprint density at radius 2 is 2.00 bits per heavy atom. The van der Waals surface area contributed by atoms with Crippen molar-refractivity contribution in [1.82, 2.24) is 4.90 Å². The Morgan fingerprint density at radius 1 is 1.32 bits per heavy atom. The first-order chi connectivity index (χ1) is 10.5. The molecule has 1 heterocycles. The third kappa shape index (κ3) is 3.67. The van der Waals surface area contributed by atoms with E-state index in [0.717, 1.165) is 0 Å². The number of morpholine rings is 1. The zero-order chi connectivity index (χ0) is 16.1. The molecule has 0 aromatic heterocycles. The van der Waals surface area contributed by atoms with Gasteiger partial charge in [-0.05, 0) is 19.1 Å². The first kappa shape index (κ1) is 16.1. The highest BCUT2D eigenvalue weighted by molar-refractivity contribution is 5.94. The number of methoxy groups -OCH3 is 1. The molecular weight excluding hydrogens is 290 g/mol. The second-order valence-corrected chi connectivity index (χ2v) is 4.87. The number of rotatable bonds is 4. The second-order valence-electron chi connectivity index (χ2n) is 4.87. The third-order valence-electron chi connectivity index (χ3n) is 3.38. The van der Waals surface area contributed by atoms with E-state index in [1.54, 1.807) is 4.90 Å². The summed E-state index contributed by atoms with van der Waals surface area (Å²) in [6.45, 7) is 3.43. The van der Waals surface area contributed by atoms with Gasteiger partial charge in [0.25, 0.3) is 5.91 Å². The van der Waals surface area contributed by atoms with Crippen LogP contribution in [0.25, 0.3) is 0 Å². The van der Waals surface area contributed by atoms with Gasteiger partial charge in [-0.25, -0.2) is 4.79 Å². The van der Waals surface area contributed by atoms with Crippen molar-refractivity contribution >= 4 is 11.9 Å². The SMILES string of the molecule is COc1ccc(C(=O)OC(C)C(=O)N2CCOCC2)c(O)c1. The lowest BCUT2D eigenvalue weighted by Crippen LogP contribution is -2.46. The fourth-order valence-corrected chi connectivity index (χ4v) is 2.13. The van der Waals surface area contributed by atoms with Crippen LogP contribution in [0.5, 0.6) is 11.5 Å². The van der Waals surface area contributed by atoms with Gasteiger partial charge in [0.15, 0.2) is 6.10 Å². The van der Waals surface area contributed by atoms with Crippen LogP contribution >= 0.6 is 0 Å². The number of hydrogen-bond acceptors (Lipinski definition) is 6. The number of nitrogens with zero attached hydrogens (tertiary/aromatic N) is 1. The largest absolute Gasteiger partial charge is 0.507 e. The molecule has 1 N–H and O–H groups in total. The van der Waals surface area contributed by atoms with Crippen LogP contribution in [0.1, 0.15) is 17.3 Å². The smallest absolute Gasteiger partial charge is 0.342 e. The van der Waals surface area contributed by atoms with Crippen LogP contribution < -0.4 is 4.74 Å². The Hall–Kier alpha value is -2.28. The number of esters is 1. The van der Waals surface area contributed by atoms with Gasteiger partial charge in [-0.15, -0.1) is 0 Å². The summed E-state index contributed by atoms with van der Waals surface area (Å²) in [5, 5.41) is 9.80. The molecule has 7 heteroatoms. The zero-order valence-corrected chi connectivity index (χ0v) is 12.6. The Bertz CT molecular complexity index is 553. The molecule has 1 fully saturated rings. The van der Waals surface area contributed by atoms with E-state index in [1.807, 2.05) is 0 Å². The van der Waals surface area contributed by atoms with E-state index in [4.69, 9.17) is 14.2 Å².